The third-order valence-corrected chi connectivity index (χ3v) is 5.64. The van der Waals surface area contributed by atoms with Crippen LogP contribution in [0.25, 0.3) is 0 Å². The molecule has 0 amide bonds. The van der Waals surface area contributed by atoms with Crippen molar-refractivity contribution in [3.8, 4) is 5.75 Å². The lowest BCUT2D eigenvalue weighted by atomic mass is 9.78. The summed E-state index contributed by atoms with van der Waals surface area (Å²) >= 11 is 0. The van der Waals surface area contributed by atoms with E-state index in [1.165, 1.54) is 6.42 Å². The van der Waals surface area contributed by atoms with Crippen molar-refractivity contribution < 1.29 is 9.47 Å². The normalized spacial score (nSPS) is 21.7. The number of nitrogens with zero attached hydrogens (tertiary/aromatic N) is 2. The van der Waals surface area contributed by atoms with Gasteiger partial charge in [0, 0.05) is 38.2 Å². The lowest BCUT2D eigenvalue weighted by Crippen LogP contribution is -2.48. The molecule has 0 saturated carbocycles. The first-order valence-electron chi connectivity index (χ1n) is 10.6. The Balaban J connectivity index is 1.98. The van der Waals surface area contributed by atoms with Gasteiger partial charge in [-0.25, -0.2) is 0 Å². The van der Waals surface area contributed by atoms with Crippen molar-refractivity contribution in [3.05, 3.63) is 29.8 Å². The highest BCUT2D eigenvalue weighted by atomic mass is 16.5. The zero-order valence-electron chi connectivity index (χ0n) is 19.3. The summed E-state index contributed by atoms with van der Waals surface area (Å²) < 4.78 is 11.7. The first-order valence-corrected chi connectivity index (χ1v) is 10.6. The lowest BCUT2D eigenvalue weighted by Gasteiger charge is -2.40. The number of likely N-dealkylation sites (N-methyl/N-ethyl adjacent to an activating group) is 1. The van der Waals surface area contributed by atoms with Crippen molar-refractivity contribution in [1.29, 1.82) is 0 Å². The maximum atomic E-state index is 6.11. The summed E-state index contributed by atoms with van der Waals surface area (Å²) in [5, 5.41) is 7.02. The first-order chi connectivity index (χ1) is 13.8. The van der Waals surface area contributed by atoms with Crippen molar-refractivity contribution in [2.45, 2.75) is 45.8 Å². The molecule has 1 aromatic carbocycles. The van der Waals surface area contributed by atoms with Gasteiger partial charge in [0.1, 0.15) is 5.75 Å². The van der Waals surface area contributed by atoms with Gasteiger partial charge in [-0.2, -0.15) is 0 Å². The Hall–Kier alpha value is -1.79. The van der Waals surface area contributed by atoms with Crippen LogP contribution in [-0.2, 0) is 4.74 Å². The molecule has 1 aromatic rings. The summed E-state index contributed by atoms with van der Waals surface area (Å²) in [6, 6.07) is 8.35. The maximum absolute atomic E-state index is 6.11. The number of para-hydroxylation sites is 1. The van der Waals surface area contributed by atoms with E-state index in [0.717, 1.165) is 43.4 Å². The van der Waals surface area contributed by atoms with Crippen LogP contribution in [0, 0.1) is 11.3 Å². The van der Waals surface area contributed by atoms with Crippen LogP contribution in [0.5, 0.6) is 5.75 Å². The molecule has 2 rings (SSSR count). The summed E-state index contributed by atoms with van der Waals surface area (Å²) in [7, 11) is 7.71. The van der Waals surface area contributed by atoms with Crippen molar-refractivity contribution >= 4 is 5.96 Å². The maximum Gasteiger partial charge on any atom is 0.191 e. The Morgan fingerprint density at radius 2 is 2.00 bits per heavy atom. The van der Waals surface area contributed by atoms with Crippen molar-refractivity contribution in [2.75, 3.05) is 47.9 Å². The summed E-state index contributed by atoms with van der Waals surface area (Å²) in [5.41, 5.74) is 1.31. The molecule has 0 bridgehead atoms. The number of guanidine groups is 1. The first kappa shape index (κ1) is 23.5. The van der Waals surface area contributed by atoms with Crippen LogP contribution in [0.4, 0.5) is 0 Å². The molecule has 1 heterocycles. The van der Waals surface area contributed by atoms with E-state index in [1.54, 1.807) is 7.11 Å². The fourth-order valence-corrected chi connectivity index (χ4v) is 4.16. The van der Waals surface area contributed by atoms with E-state index in [2.05, 4.69) is 67.5 Å². The molecule has 0 aliphatic carbocycles. The molecular weight excluding hydrogens is 364 g/mol. The minimum absolute atomic E-state index is 0.142. The van der Waals surface area contributed by atoms with Gasteiger partial charge in [-0.3, -0.25) is 4.99 Å². The van der Waals surface area contributed by atoms with Gasteiger partial charge in [-0.05, 0) is 38.4 Å². The highest BCUT2D eigenvalue weighted by molar-refractivity contribution is 5.79. The number of methoxy groups -OCH3 is 1. The molecule has 2 N–H and O–H groups in total. The molecule has 0 radical (unpaired) electrons. The Morgan fingerprint density at radius 3 is 2.62 bits per heavy atom. The molecule has 1 aliphatic heterocycles. The summed E-state index contributed by atoms with van der Waals surface area (Å²) in [6.45, 7) is 9.25. The third kappa shape index (κ3) is 6.61. The van der Waals surface area contributed by atoms with E-state index in [9.17, 15) is 0 Å². The number of hydrogen-bond donors (Lipinski definition) is 2. The molecule has 1 fully saturated rings. The van der Waals surface area contributed by atoms with Gasteiger partial charge in [0.25, 0.3) is 0 Å². The van der Waals surface area contributed by atoms with E-state index >= 15 is 0 Å². The van der Waals surface area contributed by atoms with Gasteiger partial charge >= 0.3 is 0 Å². The van der Waals surface area contributed by atoms with Crippen LogP contribution in [-0.4, -0.2) is 64.9 Å². The van der Waals surface area contributed by atoms with Gasteiger partial charge in [0.15, 0.2) is 5.96 Å². The second-order valence-corrected chi connectivity index (χ2v) is 9.12. The predicted molar refractivity (Wildman–Crippen MR) is 121 cm³/mol. The summed E-state index contributed by atoms with van der Waals surface area (Å²) in [6.07, 6.45) is 2.58. The van der Waals surface area contributed by atoms with E-state index in [4.69, 9.17) is 9.47 Å². The van der Waals surface area contributed by atoms with Gasteiger partial charge in [0.2, 0.25) is 0 Å². The molecule has 29 heavy (non-hydrogen) atoms. The van der Waals surface area contributed by atoms with Crippen molar-refractivity contribution in [1.82, 2.24) is 15.5 Å². The molecule has 164 valence electrons. The van der Waals surface area contributed by atoms with Crippen molar-refractivity contribution in [3.63, 3.8) is 0 Å². The van der Waals surface area contributed by atoms with Gasteiger partial charge in [-0.1, -0.05) is 39.0 Å². The third-order valence-electron chi connectivity index (χ3n) is 5.64. The van der Waals surface area contributed by atoms with E-state index in [-0.39, 0.29) is 17.6 Å². The number of ether oxygens (including phenoxy) is 2. The molecular formula is C23H40N4O2. The fourth-order valence-electron chi connectivity index (χ4n) is 4.16. The number of benzene rings is 1. The monoisotopic (exact) mass is 404 g/mol. The minimum Gasteiger partial charge on any atom is -0.496 e. The molecule has 6 nitrogen and oxygen atoms in total. The van der Waals surface area contributed by atoms with Crippen LogP contribution < -0.4 is 15.4 Å². The molecule has 3 atom stereocenters. The molecule has 1 aliphatic rings. The fraction of sp³-hybridized carbons (Fsp3) is 0.696. The van der Waals surface area contributed by atoms with Crippen molar-refractivity contribution in [2.24, 2.45) is 16.3 Å². The predicted octanol–water partition coefficient (Wildman–Crippen LogP) is 3.30. The van der Waals surface area contributed by atoms with Crippen LogP contribution in [0.2, 0.25) is 0 Å². The quantitative estimate of drug-likeness (QED) is 0.539. The average Bonchev–Trinajstić information content (AvgIpc) is 2.70. The zero-order valence-corrected chi connectivity index (χ0v) is 19.3. The highest BCUT2D eigenvalue weighted by Gasteiger charge is 2.35. The largest absolute Gasteiger partial charge is 0.496 e. The van der Waals surface area contributed by atoms with E-state index in [0.29, 0.717) is 5.92 Å². The van der Waals surface area contributed by atoms with E-state index in [1.807, 2.05) is 19.2 Å². The SMILES string of the molecule is CN=C(NCC1CCCOC1C(C)(C)C)NCC(c1ccccc1OC)N(C)C. The van der Waals surface area contributed by atoms with Crippen LogP contribution in [0.15, 0.2) is 29.3 Å². The number of nitrogens with one attached hydrogen (secondary N) is 2. The number of aliphatic imine (C=N–C) groups is 1. The molecule has 3 unspecified atom stereocenters. The van der Waals surface area contributed by atoms with E-state index < -0.39 is 0 Å². The molecule has 6 heteroatoms. The zero-order chi connectivity index (χ0) is 21.4. The topological polar surface area (TPSA) is 58.1 Å². The van der Waals surface area contributed by atoms with Gasteiger partial charge < -0.3 is 25.0 Å². The smallest absolute Gasteiger partial charge is 0.191 e. The number of hydrogen-bond acceptors (Lipinski definition) is 4. The van der Waals surface area contributed by atoms with Gasteiger partial charge in [-0.15, -0.1) is 0 Å². The Morgan fingerprint density at radius 1 is 1.28 bits per heavy atom. The highest BCUT2D eigenvalue weighted by Crippen LogP contribution is 2.33. The second-order valence-electron chi connectivity index (χ2n) is 9.12. The molecule has 1 saturated heterocycles. The Bertz CT molecular complexity index is 655. The van der Waals surface area contributed by atoms with Crippen LogP contribution in [0.3, 0.4) is 0 Å². The summed E-state index contributed by atoms with van der Waals surface area (Å²) in [4.78, 5) is 6.63. The van der Waals surface area contributed by atoms with Crippen LogP contribution >= 0.6 is 0 Å². The average molecular weight is 405 g/mol. The lowest BCUT2D eigenvalue weighted by molar-refractivity contribution is -0.0835. The molecule has 0 aromatic heterocycles. The molecule has 0 spiro atoms. The number of rotatable bonds is 7. The van der Waals surface area contributed by atoms with Crippen LogP contribution in [0.1, 0.15) is 45.2 Å². The standard InChI is InChI=1S/C23H40N4O2/c1-23(2,3)21-17(11-10-14-29-21)15-25-22(24-4)26-16-19(27(5)6)18-12-8-9-13-20(18)28-7/h8-9,12-13,17,19,21H,10-11,14-16H2,1-7H3,(H2,24,25,26). The Kier molecular flexibility index (Phi) is 8.78. The Labute approximate surface area is 177 Å². The summed E-state index contributed by atoms with van der Waals surface area (Å²) in [5.74, 6) is 2.22. The van der Waals surface area contributed by atoms with Gasteiger partial charge in [0.05, 0.1) is 19.3 Å². The second kappa shape index (κ2) is 10.8. The minimum atomic E-state index is 0.142.